The molecule has 0 radical (unpaired) electrons. The first kappa shape index (κ1) is 26.3. The second-order valence-electron chi connectivity index (χ2n) is 5.20. The molecule has 0 rings (SSSR count). The number of carboxylic acid groups (broad SMARTS) is 1. The van der Waals surface area contributed by atoms with Crippen LogP contribution in [0.25, 0.3) is 0 Å². The van der Waals surface area contributed by atoms with E-state index in [1.165, 1.54) is 18.2 Å². The fourth-order valence-corrected chi connectivity index (χ4v) is 1.73. The summed E-state index contributed by atoms with van der Waals surface area (Å²) in [5.74, 6) is -1.36. The summed E-state index contributed by atoms with van der Waals surface area (Å²) in [6.07, 6.45) is 8.69. The SMILES string of the molecule is CCCCCC(=O)O.O=C=NCCCCC(N=C=O)C(=O)OCCN=C=O. The van der Waals surface area contributed by atoms with Crippen LogP contribution in [0.4, 0.5) is 0 Å². The van der Waals surface area contributed by atoms with E-state index < -0.39 is 18.0 Å². The zero-order valence-corrected chi connectivity index (χ0v) is 15.4. The summed E-state index contributed by atoms with van der Waals surface area (Å²) in [5.41, 5.74) is 0. The van der Waals surface area contributed by atoms with Gasteiger partial charge in [-0.1, -0.05) is 19.8 Å². The number of unbranched alkanes of at least 4 members (excludes halogenated alkanes) is 3. The summed E-state index contributed by atoms with van der Waals surface area (Å²) < 4.78 is 4.77. The van der Waals surface area contributed by atoms with Gasteiger partial charge in [0, 0.05) is 6.42 Å². The third-order valence-electron chi connectivity index (χ3n) is 3.05. The summed E-state index contributed by atoms with van der Waals surface area (Å²) in [4.78, 5) is 61.1. The summed E-state index contributed by atoms with van der Waals surface area (Å²) in [5, 5.41) is 8.14. The van der Waals surface area contributed by atoms with Crippen LogP contribution in [-0.2, 0) is 28.7 Å². The quantitative estimate of drug-likeness (QED) is 0.207. The van der Waals surface area contributed by atoms with E-state index in [1.807, 2.05) is 0 Å². The molecule has 0 amide bonds. The fourth-order valence-electron chi connectivity index (χ4n) is 1.73. The number of carboxylic acids is 1. The van der Waals surface area contributed by atoms with Gasteiger partial charge in [-0.25, -0.2) is 29.2 Å². The van der Waals surface area contributed by atoms with E-state index >= 15 is 0 Å². The van der Waals surface area contributed by atoms with Crippen molar-refractivity contribution in [2.24, 2.45) is 15.0 Å². The Morgan fingerprint density at radius 3 is 2.19 bits per heavy atom. The molecule has 0 aromatic heterocycles. The Morgan fingerprint density at radius 2 is 1.63 bits per heavy atom. The number of esters is 1. The van der Waals surface area contributed by atoms with Crippen LogP contribution in [0, 0.1) is 0 Å². The van der Waals surface area contributed by atoms with Crippen LogP contribution in [0.15, 0.2) is 15.0 Å². The topological polar surface area (TPSA) is 152 Å². The van der Waals surface area contributed by atoms with Crippen LogP contribution in [0.2, 0.25) is 0 Å². The van der Waals surface area contributed by atoms with Crippen molar-refractivity contribution in [3.8, 4) is 0 Å². The van der Waals surface area contributed by atoms with E-state index in [1.54, 1.807) is 0 Å². The number of rotatable bonds is 14. The molecule has 0 fully saturated rings. The Hall–Kier alpha value is -2.92. The minimum absolute atomic E-state index is 0.0147. The van der Waals surface area contributed by atoms with Gasteiger partial charge in [0.2, 0.25) is 18.2 Å². The molecule has 0 aromatic rings. The number of ether oxygens (including phenoxy) is 1. The van der Waals surface area contributed by atoms with E-state index in [9.17, 15) is 24.0 Å². The second-order valence-corrected chi connectivity index (χ2v) is 5.20. The largest absolute Gasteiger partial charge is 0.481 e. The highest BCUT2D eigenvalue weighted by atomic mass is 16.5. The molecule has 10 heteroatoms. The summed E-state index contributed by atoms with van der Waals surface area (Å²) in [6, 6.07) is -0.932. The molecule has 0 spiro atoms. The van der Waals surface area contributed by atoms with Crippen LogP contribution in [0.5, 0.6) is 0 Å². The van der Waals surface area contributed by atoms with Gasteiger partial charge in [-0.15, -0.1) is 0 Å². The van der Waals surface area contributed by atoms with Crippen LogP contribution in [-0.4, -0.2) is 61.0 Å². The highest BCUT2D eigenvalue weighted by Gasteiger charge is 2.18. The third-order valence-corrected chi connectivity index (χ3v) is 3.05. The maximum Gasteiger partial charge on any atom is 0.331 e. The predicted molar refractivity (Wildman–Crippen MR) is 94.5 cm³/mol. The first-order chi connectivity index (χ1) is 13.0. The molecular weight excluding hydrogens is 358 g/mol. The normalized spacial score (nSPS) is 9.96. The Morgan fingerprint density at radius 1 is 0.963 bits per heavy atom. The molecule has 1 N–H and O–H groups in total. The average Bonchev–Trinajstić information content (AvgIpc) is 2.64. The second kappa shape index (κ2) is 21.1. The van der Waals surface area contributed by atoms with Crippen molar-refractivity contribution in [1.29, 1.82) is 0 Å². The van der Waals surface area contributed by atoms with E-state index in [0.29, 0.717) is 32.2 Å². The molecule has 10 nitrogen and oxygen atoms in total. The molecule has 150 valence electrons. The number of hydrogen-bond donors (Lipinski definition) is 1. The highest BCUT2D eigenvalue weighted by Crippen LogP contribution is 2.07. The molecule has 0 saturated carbocycles. The van der Waals surface area contributed by atoms with Gasteiger partial charge in [-0.3, -0.25) is 4.79 Å². The van der Waals surface area contributed by atoms with E-state index in [0.717, 1.165) is 19.3 Å². The highest BCUT2D eigenvalue weighted by molar-refractivity contribution is 5.76. The minimum atomic E-state index is -0.932. The zero-order valence-electron chi connectivity index (χ0n) is 15.4. The molecule has 27 heavy (non-hydrogen) atoms. The molecule has 0 bridgehead atoms. The summed E-state index contributed by atoms with van der Waals surface area (Å²) >= 11 is 0. The number of aliphatic carboxylic acids is 1. The van der Waals surface area contributed by atoms with Crippen molar-refractivity contribution < 1.29 is 33.8 Å². The van der Waals surface area contributed by atoms with Gasteiger partial charge in [0.25, 0.3) is 0 Å². The summed E-state index contributed by atoms with van der Waals surface area (Å²) in [7, 11) is 0. The molecule has 0 aliphatic carbocycles. The van der Waals surface area contributed by atoms with Crippen molar-refractivity contribution in [3.05, 3.63) is 0 Å². The maximum absolute atomic E-state index is 11.5. The van der Waals surface area contributed by atoms with Crippen molar-refractivity contribution in [2.75, 3.05) is 19.7 Å². The molecule has 0 aliphatic heterocycles. The first-order valence-electron chi connectivity index (χ1n) is 8.56. The fraction of sp³-hybridized carbons (Fsp3) is 0.706. The first-order valence-corrected chi connectivity index (χ1v) is 8.56. The zero-order chi connectivity index (χ0) is 20.8. The van der Waals surface area contributed by atoms with Gasteiger partial charge in [-0.2, -0.15) is 4.99 Å². The predicted octanol–water partition coefficient (Wildman–Crippen LogP) is 1.73. The Bertz CT molecular complexity index is 561. The van der Waals surface area contributed by atoms with Crippen LogP contribution in [0.1, 0.15) is 51.9 Å². The molecule has 0 saturated heterocycles. The van der Waals surface area contributed by atoms with Gasteiger partial charge in [0.15, 0.2) is 6.04 Å². The molecular formula is C17H25N3O7. The number of nitrogens with zero attached hydrogens (tertiary/aromatic N) is 3. The van der Waals surface area contributed by atoms with Crippen LogP contribution >= 0.6 is 0 Å². The van der Waals surface area contributed by atoms with Gasteiger partial charge in [0.1, 0.15) is 6.61 Å². The van der Waals surface area contributed by atoms with Crippen molar-refractivity contribution >= 4 is 30.2 Å². The Balaban J connectivity index is 0. The minimum Gasteiger partial charge on any atom is -0.481 e. The molecule has 1 atom stereocenters. The van der Waals surface area contributed by atoms with E-state index in [2.05, 4.69) is 21.9 Å². The number of aliphatic imine (C=N–C) groups is 3. The van der Waals surface area contributed by atoms with E-state index in [4.69, 9.17) is 9.84 Å². The monoisotopic (exact) mass is 383 g/mol. The molecule has 0 heterocycles. The molecule has 0 aliphatic rings. The molecule has 0 aromatic carbocycles. The Labute approximate surface area is 157 Å². The van der Waals surface area contributed by atoms with Crippen molar-refractivity contribution in [2.45, 2.75) is 57.9 Å². The van der Waals surface area contributed by atoms with Gasteiger partial charge in [0.05, 0.1) is 13.1 Å². The Kier molecular flexibility index (Phi) is 20.6. The van der Waals surface area contributed by atoms with E-state index in [-0.39, 0.29) is 13.2 Å². The van der Waals surface area contributed by atoms with Gasteiger partial charge >= 0.3 is 11.9 Å². The maximum atomic E-state index is 11.5. The van der Waals surface area contributed by atoms with Crippen LogP contribution < -0.4 is 0 Å². The van der Waals surface area contributed by atoms with Crippen molar-refractivity contribution in [3.63, 3.8) is 0 Å². The van der Waals surface area contributed by atoms with Gasteiger partial charge < -0.3 is 9.84 Å². The number of carbonyl (C=O) groups excluding carboxylic acids is 4. The standard InChI is InChI=1S/C11H13N3O5.C6H12O2/c15-7-12-4-2-1-3-10(14-9-17)11(18)19-6-5-13-8-16;1-2-3-4-5-6(7)8/h10H,1-6H2;2-5H2,1H3,(H,7,8). The third kappa shape index (κ3) is 21.0. The number of carbonyl (C=O) groups is 2. The van der Waals surface area contributed by atoms with Crippen molar-refractivity contribution in [1.82, 2.24) is 0 Å². The van der Waals surface area contributed by atoms with Gasteiger partial charge in [-0.05, 0) is 25.7 Å². The van der Waals surface area contributed by atoms with Crippen LogP contribution in [0.3, 0.4) is 0 Å². The number of hydrogen-bond acceptors (Lipinski definition) is 9. The lowest BCUT2D eigenvalue weighted by Gasteiger charge is -2.09. The number of isocyanates is 3. The smallest absolute Gasteiger partial charge is 0.331 e. The lowest BCUT2D eigenvalue weighted by atomic mass is 10.1. The molecule has 1 unspecified atom stereocenters. The average molecular weight is 383 g/mol. The summed E-state index contributed by atoms with van der Waals surface area (Å²) in [6.45, 7) is 2.31. The lowest BCUT2D eigenvalue weighted by Crippen LogP contribution is -2.22. The lowest BCUT2D eigenvalue weighted by molar-refractivity contribution is -0.145.